The number of aromatic nitrogens is 1. The molecule has 1 aromatic carbocycles. The van der Waals surface area contributed by atoms with E-state index in [1.54, 1.807) is 17.7 Å². The highest BCUT2D eigenvalue weighted by Crippen LogP contribution is 2.29. The minimum atomic E-state index is -1.32. The average molecular weight is 217 g/mol. The smallest absolute Gasteiger partial charge is 0.183 e. The van der Waals surface area contributed by atoms with Crippen LogP contribution in [-0.4, -0.2) is 4.57 Å². The first-order chi connectivity index (χ1) is 7.65. The van der Waals surface area contributed by atoms with Crippen LogP contribution in [0, 0.1) is 0 Å². The topological polar surface area (TPSA) is 4.93 Å². The van der Waals surface area contributed by atoms with Crippen molar-refractivity contribution in [1.82, 2.24) is 4.57 Å². The van der Waals surface area contributed by atoms with E-state index in [9.17, 15) is 4.39 Å². The van der Waals surface area contributed by atoms with Crippen LogP contribution in [0.3, 0.4) is 0 Å². The third-order valence-electron chi connectivity index (χ3n) is 2.97. The molecule has 0 fully saturated rings. The van der Waals surface area contributed by atoms with Crippen molar-refractivity contribution in [2.45, 2.75) is 26.1 Å². The molecule has 1 aromatic heterocycles. The molecule has 0 aliphatic rings. The maximum Gasteiger partial charge on any atom is 0.183 e. The summed E-state index contributed by atoms with van der Waals surface area (Å²) in [6.07, 6.45) is 2.26. The van der Waals surface area contributed by atoms with E-state index < -0.39 is 5.79 Å². The van der Waals surface area contributed by atoms with Gasteiger partial charge in [-0.15, -0.1) is 0 Å². The van der Waals surface area contributed by atoms with Crippen molar-refractivity contribution in [2.75, 3.05) is 0 Å². The fourth-order valence-electron chi connectivity index (χ4n) is 1.80. The SMILES string of the molecule is CCC(C)(F)n1cccc1-c1ccccc1. The van der Waals surface area contributed by atoms with Crippen LogP contribution in [0.5, 0.6) is 0 Å². The van der Waals surface area contributed by atoms with Crippen molar-refractivity contribution in [1.29, 1.82) is 0 Å². The summed E-state index contributed by atoms with van der Waals surface area (Å²) in [7, 11) is 0. The normalized spacial score (nSPS) is 14.7. The third kappa shape index (κ3) is 1.87. The number of rotatable bonds is 3. The monoisotopic (exact) mass is 217 g/mol. The van der Waals surface area contributed by atoms with Crippen molar-refractivity contribution in [3.8, 4) is 11.3 Å². The molecule has 0 radical (unpaired) electrons. The maximum absolute atomic E-state index is 14.3. The van der Waals surface area contributed by atoms with Gasteiger partial charge in [0.15, 0.2) is 5.79 Å². The lowest BCUT2D eigenvalue weighted by atomic mass is 10.1. The van der Waals surface area contributed by atoms with Gasteiger partial charge in [-0.2, -0.15) is 0 Å². The van der Waals surface area contributed by atoms with Gasteiger partial charge in [0.25, 0.3) is 0 Å². The Kier molecular flexibility index (Phi) is 2.82. The van der Waals surface area contributed by atoms with E-state index in [1.165, 1.54) is 0 Å². The number of hydrogen-bond acceptors (Lipinski definition) is 0. The van der Waals surface area contributed by atoms with E-state index >= 15 is 0 Å². The molecule has 0 N–H and O–H groups in total. The Morgan fingerprint density at radius 2 is 1.81 bits per heavy atom. The molecule has 2 aromatic rings. The molecule has 1 unspecified atom stereocenters. The summed E-state index contributed by atoms with van der Waals surface area (Å²) in [5.74, 6) is -1.32. The predicted octanol–water partition coefficient (Wildman–Crippen LogP) is 4.21. The van der Waals surface area contributed by atoms with Crippen LogP contribution in [0.2, 0.25) is 0 Å². The molecule has 84 valence electrons. The van der Waals surface area contributed by atoms with Crippen LogP contribution in [0.15, 0.2) is 48.7 Å². The van der Waals surface area contributed by atoms with Gasteiger partial charge < -0.3 is 4.57 Å². The highest BCUT2D eigenvalue weighted by Gasteiger charge is 2.24. The van der Waals surface area contributed by atoms with Crippen LogP contribution < -0.4 is 0 Å². The van der Waals surface area contributed by atoms with Gasteiger partial charge in [-0.3, -0.25) is 0 Å². The van der Waals surface area contributed by atoms with Gasteiger partial charge in [0.05, 0.1) is 5.69 Å². The van der Waals surface area contributed by atoms with Crippen LogP contribution in [0.1, 0.15) is 20.3 Å². The fourth-order valence-corrected chi connectivity index (χ4v) is 1.80. The van der Waals surface area contributed by atoms with Gasteiger partial charge >= 0.3 is 0 Å². The summed E-state index contributed by atoms with van der Waals surface area (Å²) in [4.78, 5) is 0. The lowest BCUT2D eigenvalue weighted by Gasteiger charge is -2.23. The molecule has 0 saturated carbocycles. The van der Waals surface area contributed by atoms with E-state index in [2.05, 4.69) is 0 Å². The second-order valence-electron chi connectivity index (χ2n) is 4.13. The fraction of sp³-hybridized carbons (Fsp3) is 0.286. The first-order valence-corrected chi connectivity index (χ1v) is 5.57. The second kappa shape index (κ2) is 4.12. The molecular formula is C14H16FN. The number of halogens is 1. The summed E-state index contributed by atoms with van der Waals surface area (Å²) in [5.41, 5.74) is 1.97. The van der Waals surface area contributed by atoms with Crippen LogP contribution in [0.4, 0.5) is 4.39 Å². The van der Waals surface area contributed by atoms with Gasteiger partial charge in [0.1, 0.15) is 0 Å². The highest BCUT2D eigenvalue weighted by atomic mass is 19.1. The molecule has 1 atom stereocenters. The summed E-state index contributed by atoms with van der Waals surface area (Å²) < 4.78 is 16.0. The minimum absolute atomic E-state index is 0.460. The number of nitrogens with zero attached hydrogens (tertiary/aromatic N) is 1. The van der Waals surface area contributed by atoms with Crippen molar-refractivity contribution in [3.05, 3.63) is 48.7 Å². The summed E-state index contributed by atoms with van der Waals surface area (Å²) in [6, 6.07) is 13.7. The van der Waals surface area contributed by atoms with E-state index in [-0.39, 0.29) is 0 Å². The maximum atomic E-state index is 14.3. The molecule has 0 aliphatic carbocycles. The largest absolute Gasteiger partial charge is 0.315 e. The summed E-state index contributed by atoms with van der Waals surface area (Å²) in [6.45, 7) is 3.47. The summed E-state index contributed by atoms with van der Waals surface area (Å²) in [5, 5.41) is 0. The van der Waals surface area contributed by atoms with Gasteiger partial charge in [-0.25, -0.2) is 4.39 Å². The Hall–Kier alpha value is -1.57. The van der Waals surface area contributed by atoms with Crippen molar-refractivity contribution >= 4 is 0 Å². The minimum Gasteiger partial charge on any atom is -0.315 e. The molecule has 0 bridgehead atoms. The lowest BCUT2D eigenvalue weighted by molar-refractivity contribution is 0.0913. The Bertz CT molecular complexity index is 457. The predicted molar refractivity (Wildman–Crippen MR) is 64.9 cm³/mol. The van der Waals surface area contributed by atoms with E-state index in [4.69, 9.17) is 0 Å². The first kappa shape index (κ1) is 10.9. The van der Waals surface area contributed by atoms with Crippen LogP contribution in [-0.2, 0) is 5.79 Å². The van der Waals surface area contributed by atoms with Crippen molar-refractivity contribution in [3.63, 3.8) is 0 Å². The zero-order valence-electron chi connectivity index (χ0n) is 9.65. The first-order valence-electron chi connectivity index (χ1n) is 5.57. The molecule has 1 nitrogen and oxygen atoms in total. The molecule has 2 heteroatoms. The standard InChI is InChI=1S/C14H16FN/c1-3-14(2,15)16-11-7-10-13(16)12-8-5-4-6-9-12/h4-11H,3H2,1-2H3. The van der Waals surface area contributed by atoms with Crippen LogP contribution in [0.25, 0.3) is 11.3 Å². The highest BCUT2D eigenvalue weighted by molar-refractivity contribution is 5.60. The van der Waals surface area contributed by atoms with Crippen LogP contribution >= 0.6 is 0 Å². The number of benzene rings is 1. The quantitative estimate of drug-likeness (QED) is 0.725. The molecule has 16 heavy (non-hydrogen) atoms. The van der Waals surface area contributed by atoms with Gasteiger partial charge in [-0.1, -0.05) is 37.3 Å². The van der Waals surface area contributed by atoms with Gasteiger partial charge in [0, 0.05) is 6.20 Å². The molecule has 2 rings (SSSR count). The molecule has 0 amide bonds. The molecule has 1 heterocycles. The Balaban J connectivity index is 2.49. The van der Waals surface area contributed by atoms with Crippen molar-refractivity contribution in [2.24, 2.45) is 0 Å². The Labute approximate surface area is 95.5 Å². The van der Waals surface area contributed by atoms with E-state index in [0.29, 0.717) is 6.42 Å². The zero-order chi connectivity index (χ0) is 11.6. The van der Waals surface area contributed by atoms with Gasteiger partial charge in [0.2, 0.25) is 0 Å². The molecule has 0 aliphatic heterocycles. The Morgan fingerprint density at radius 3 is 2.44 bits per heavy atom. The Morgan fingerprint density at radius 1 is 1.12 bits per heavy atom. The molecule has 0 spiro atoms. The molecule has 0 saturated heterocycles. The van der Waals surface area contributed by atoms with E-state index in [0.717, 1.165) is 11.3 Å². The molecular weight excluding hydrogens is 201 g/mol. The van der Waals surface area contributed by atoms with Crippen molar-refractivity contribution < 1.29 is 4.39 Å². The van der Waals surface area contributed by atoms with E-state index in [1.807, 2.05) is 49.4 Å². The lowest BCUT2D eigenvalue weighted by Crippen LogP contribution is -2.23. The zero-order valence-corrected chi connectivity index (χ0v) is 9.65. The second-order valence-corrected chi connectivity index (χ2v) is 4.13. The number of hydrogen-bond donors (Lipinski definition) is 0. The van der Waals surface area contributed by atoms with Gasteiger partial charge in [-0.05, 0) is 31.0 Å². The average Bonchev–Trinajstić information content (AvgIpc) is 2.80. The summed E-state index contributed by atoms with van der Waals surface area (Å²) >= 11 is 0. The third-order valence-corrected chi connectivity index (χ3v) is 2.97. The number of alkyl halides is 1.